The van der Waals surface area contributed by atoms with Crippen LogP contribution in [0.1, 0.15) is 18.9 Å². The van der Waals surface area contributed by atoms with Crippen LogP contribution in [0, 0.1) is 5.82 Å². The third-order valence-corrected chi connectivity index (χ3v) is 3.23. The smallest absolute Gasteiger partial charge is 0.416 e. The Hall–Kier alpha value is -2.57. The Bertz CT molecular complexity index is 716. The van der Waals surface area contributed by atoms with Crippen LogP contribution in [0.4, 0.5) is 23.2 Å². The number of carbonyl (C=O) groups is 1. The molecule has 1 N–H and O–H groups in total. The van der Waals surface area contributed by atoms with Gasteiger partial charge in [0.15, 0.2) is 17.7 Å². The van der Waals surface area contributed by atoms with Crippen LogP contribution in [0.25, 0.3) is 0 Å². The van der Waals surface area contributed by atoms with Crippen molar-refractivity contribution in [3.05, 3.63) is 59.9 Å². The Morgan fingerprint density at radius 1 is 1.17 bits per heavy atom. The average Bonchev–Trinajstić information content (AvgIpc) is 2.53. The van der Waals surface area contributed by atoms with Crippen molar-refractivity contribution in [2.24, 2.45) is 0 Å². The van der Waals surface area contributed by atoms with Crippen molar-refractivity contribution in [3.8, 4) is 5.75 Å². The van der Waals surface area contributed by atoms with Gasteiger partial charge in [0, 0.05) is 5.69 Å². The second-order valence-electron chi connectivity index (χ2n) is 5.01. The first-order valence-corrected chi connectivity index (χ1v) is 7.20. The highest BCUT2D eigenvalue weighted by molar-refractivity contribution is 5.94. The number of hydrogen-bond acceptors (Lipinski definition) is 2. The largest absolute Gasteiger partial charge is 0.478 e. The zero-order chi connectivity index (χ0) is 17.7. The summed E-state index contributed by atoms with van der Waals surface area (Å²) in [6.45, 7) is 1.65. The van der Waals surface area contributed by atoms with E-state index in [1.165, 1.54) is 30.3 Å². The number of para-hydroxylation sites is 1. The zero-order valence-electron chi connectivity index (χ0n) is 12.7. The fourth-order valence-electron chi connectivity index (χ4n) is 2.01. The highest BCUT2D eigenvalue weighted by Crippen LogP contribution is 2.30. The minimum absolute atomic E-state index is 0.00888. The summed E-state index contributed by atoms with van der Waals surface area (Å²) in [7, 11) is 0. The van der Waals surface area contributed by atoms with E-state index in [9.17, 15) is 22.4 Å². The van der Waals surface area contributed by atoms with Crippen molar-refractivity contribution in [1.82, 2.24) is 0 Å². The summed E-state index contributed by atoms with van der Waals surface area (Å²) in [4.78, 5) is 12.2. The van der Waals surface area contributed by atoms with E-state index in [2.05, 4.69) is 5.32 Å². The quantitative estimate of drug-likeness (QED) is 0.805. The summed E-state index contributed by atoms with van der Waals surface area (Å²) in [5, 5.41) is 2.36. The van der Waals surface area contributed by atoms with Crippen molar-refractivity contribution in [2.75, 3.05) is 5.32 Å². The van der Waals surface area contributed by atoms with E-state index < -0.39 is 29.6 Å². The molecule has 1 atom stereocenters. The average molecular weight is 341 g/mol. The van der Waals surface area contributed by atoms with Crippen LogP contribution in [-0.2, 0) is 11.0 Å². The molecule has 0 aliphatic carbocycles. The third kappa shape index (κ3) is 4.47. The van der Waals surface area contributed by atoms with Crippen molar-refractivity contribution in [1.29, 1.82) is 0 Å². The lowest BCUT2D eigenvalue weighted by molar-refractivity contribution is -0.137. The van der Waals surface area contributed by atoms with E-state index in [-0.39, 0.29) is 17.9 Å². The summed E-state index contributed by atoms with van der Waals surface area (Å²) in [6, 6.07) is 9.85. The van der Waals surface area contributed by atoms with Gasteiger partial charge in [-0.05, 0) is 36.8 Å². The molecule has 3 nitrogen and oxygen atoms in total. The topological polar surface area (TPSA) is 38.3 Å². The number of nitrogens with one attached hydrogen (secondary N) is 1. The maximum atomic E-state index is 13.6. The zero-order valence-corrected chi connectivity index (χ0v) is 12.7. The van der Waals surface area contributed by atoms with Crippen LogP contribution in [0.5, 0.6) is 5.75 Å². The number of benzene rings is 2. The van der Waals surface area contributed by atoms with Crippen LogP contribution in [-0.4, -0.2) is 12.0 Å². The Labute approximate surface area is 136 Å². The summed E-state index contributed by atoms with van der Waals surface area (Å²) in [5.41, 5.74) is -0.881. The van der Waals surface area contributed by atoms with E-state index in [1.807, 2.05) is 0 Å². The number of carbonyl (C=O) groups excluding carboxylic acids is 1. The van der Waals surface area contributed by atoms with Gasteiger partial charge >= 0.3 is 6.18 Å². The number of amides is 1. The number of hydrogen-bond donors (Lipinski definition) is 1. The Balaban J connectivity index is 2.11. The van der Waals surface area contributed by atoms with Crippen LogP contribution in [0.15, 0.2) is 48.5 Å². The minimum Gasteiger partial charge on any atom is -0.478 e. The lowest BCUT2D eigenvalue weighted by atomic mass is 10.2. The Kier molecular flexibility index (Phi) is 5.43. The normalized spacial score (nSPS) is 12.5. The molecule has 0 heterocycles. The highest BCUT2D eigenvalue weighted by atomic mass is 19.4. The lowest BCUT2D eigenvalue weighted by Gasteiger charge is -2.18. The Morgan fingerprint density at radius 3 is 2.50 bits per heavy atom. The first-order chi connectivity index (χ1) is 11.3. The molecule has 0 aliphatic heterocycles. The predicted octanol–water partition coefficient (Wildman–Crippen LogP) is 4.64. The summed E-state index contributed by atoms with van der Waals surface area (Å²) < 4.78 is 56.9. The van der Waals surface area contributed by atoms with Gasteiger partial charge in [0.1, 0.15) is 0 Å². The van der Waals surface area contributed by atoms with Gasteiger partial charge in [-0.25, -0.2) is 4.39 Å². The van der Waals surface area contributed by atoms with Gasteiger partial charge in [0.05, 0.1) is 5.56 Å². The van der Waals surface area contributed by atoms with Gasteiger partial charge in [-0.1, -0.05) is 25.1 Å². The maximum absolute atomic E-state index is 13.6. The molecule has 0 saturated heterocycles. The number of halogens is 4. The minimum atomic E-state index is -4.51. The molecular weight excluding hydrogens is 326 g/mol. The molecule has 0 radical (unpaired) electrons. The maximum Gasteiger partial charge on any atom is 0.416 e. The van der Waals surface area contributed by atoms with Gasteiger partial charge in [-0.3, -0.25) is 4.79 Å². The van der Waals surface area contributed by atoms with Crippen molar-refractivity contribution in [2.45, 2.75) is 25.6 Å². The van der Waals surface area contributed by atoms with Crippen molar-refractivity contribution < 1.29 is 27.1 Å². The molecule has 128 valence electrons. The van der Waals surface area contributed by atoms with Gasteiger partial charge in [-0.2, -0.15) is 13.2 Å². The first kappa shape index (κ1) is 17.8. The molecule has 0 aromatic heterocycles. The number of rotatable bonds is 5. The molecule has 2 aromatic rings. The number of anilines is 1. The molecule has 24 heavy (non-hydrogen) atoms. The standard InChI is InChI=1S/C17H15F4NO2/c1-2-14(24-15-9-4-3-8-13(15)18)16(23)22-12-7-5-6-11(10-12)17(19,20)21/h3-10,14H,2H2,1H3,(H,22,23)/t14-/m1/s1. The van der Waals surface area contributed by atoms with Crippen LogP contribution < -0.4 is 10.1 Å². The van der Waals surface area contributed by atoms with Gasteiger partial charge < -0.3 is 10.1 Å². The molecule has 0 fully saturated rings. The fraction of sp³-hybridized carbons (Fsp3) is 0.235. The number of ether oxygens (including phenoxy) is 1. The van der Waals surface area contributed by atoms with Gasteiger partial charge in [0.25, 0.3) is 5.91 Å². The molecule has 2 rings (SSSR count). The summed E-state index contributed by atoms with van der Waals surface area (Å²) in [5.74, 6) is -1.37. The lowest BCUT2D eigenvalue weighted by Crippen LogP contribution is -2.32. The van der Waals surface area contributed by atoms with E-state index in [0.29, 0.717) is 0 Å². The van der Waals surface area contributed by atoms with Gasteiger partial charge in [0.2, 0.25) is 0 Å². The Morgan fingerprint density at radius 2 is 1.88 bits per heavy atom. The van der Waals surface area contributed by atoms with E-state index >= 15 is 0 Å². The second-order valence-corrected chi connectivity index (χ2v) is 5.01. The molecule has 1 amide bonds. The van der Waals surface area contributed by atoms with E-state index in [0.717, 1.165) is 12.1 Å². The van der Waals surface area contributed by atoms with E-state index in [1.54, 1.807) is 13.0 Å². The first-order valence-electron chi connectivity index (χ1n) is 7.20. The molecule has 0 aliphatic rings. The van der Waals surface area contributed by atoms with Crippen LogP contribution in [0.2, 0.25) is 0 Å². The van der Waals surface area contributed by atoms with E-state index in [4.69, 9.17) is 4.74 Å². The van der Waals surface area contributed by atoms with Gasteiger partial charge in [-0.15, -0.1) is 0 Å². The predicted molar refractivity (Wildman–Crippen MR) is 81.2 cm³/mol. The summed E-state index contributed by atoms with van der Waals surface area (Å²) >= 11 is 0. The van der Waals surface area contributed by atoms with Crippen LogP contribution in [0.3, 0.4) is 0 Å². The second kappa shape index (κ2) is 7.33. The summed E-state index contributed by atoms with van der Waals surface area (Å²) in [6.07, 6.45) is -5.32. The van der Waals surface area contributed by atoms with Crippen LogP contribution >= 0.6 is 0 Å². The molecule has 2 aromatic carbocycles. The molecule has 0 unspecified atom stereocenters. The molecular formula is C17H15F4NO2. The number of alkyl halides is 3. The monoisotopic (exact) mass is 341 g/mol. The highest BCUT2D eigenvalue weighted by Gasteiger charge is 2.30. The SMILES string of the molecule is CC[C@@H](Oc1ccccc1F)C(=O)Nc1cccc(C(F)(F)F)c1. The fourth-order valence-corrected chi connectivity index (χ4v) is 2.01. The third-order valence-electron chi connectivity index (χ3n) is 3.23. The van der Waals surface area contributed by atoms with Crippen molar-refractivity contribution in [3.63, 3.8) is 0 Å². The molecule has 0 saturated carbocycles. The van der Waals surface area contributed by atoms with Crippen molar-refractivity contribution >= 4 is 11.6 Å². The molecule has 0 spiro atoms. The molecule has 7 heteroatoms. The molecule has 0 bridgehead atoms.